The smallest absolute Gasteiger partial charge is 0.271 e. The fourth-order valence-electron chi connectivity index (χ4n) is 2.44. The van der Waals surface area contributed by atoms with Crippen LogP contribution < -0.4 is 19.5 Å². The summed E-state index contributed by atoms with van der Waals surface area (Å²) < 4.78 is 37.6. The van der Waals surface area contributed by atoms with Crippen LogP contribution in [0.1, 0.15) is 12.5 Å². The van der Waals surface area contributed by atoms with Crippen LogP contribution in [0.15, 0.2) is 41.3 Å². The molecule has 0 heterocycles. The highest BCUT2D eigenvalue weighted by Gasteiger charge is 2.24. The molecule has 2 aromatic rings. The zero-order valence-corrected chi connectivity index (χ0v) is 17.1. The number of anilines is 1. The molecular formula is C18H21N3O7S. The van der Waals surface area contributed by atoms with Crippen molar-refractivity contribution < 1.29 is 27.6 Å². The van der Waals surface area contributed by atoms with E-state index in [0.717, 1.165) is 0 Å². The Kier molecular flexibility index (Phi) is 6.77. The number of rotatable bonds is 8. The van der Waals surface area contributed by atoms with Crippen LogP contribution in [0, 0.1) is 17.0 Å². The number of nitro benzene ring substituents is 1. The molecule has 2 N–H and O–H groups in total. The SMILES string of the molecule is COc1ccc(S(=O)(=O)NC(C)C(=O)Nc2cc([N+](=O)[O-])ccc2C)cc1OC. The van der Waals surface area contributed by atoms with Crippen LogP contribution in [0.2, 0.25) is 0 Å². The highest BCUT2D eigenvalue weighted by Crippen LogP contribution is 2.29. The highest BCUT2D eigenvalue weighted by molar-refractivity contribution is 7.89. The average Bonchev–Trinajstić information content (AvgIpc) is 2.68. The predicted molar refractivity (Wildman–Crippen MR) is 106 cm³/mol. The number of sulfonamides is 1. The molecule has 2 aromatic carbocycles. The highest BCUT2D eigenvalue weighted by atomic mass is 32.2. The first-order valence-corrected chi connectivity index (χ1v) is 9.87. The van der Waals surface area contributed by atoms with Gasteiger partial charge in [0, 0.05) is 18.2 Å². The summed E-state index contributed by atoms with van der Waals surface area (Å²) in [7, 11) is -1.24. The number of benzene rings is 2. The van der Waals surface area contributed by atoms with Gasteiger partial charge in [-0.15, -0.1) is 0 Å². The summed E-state index contributed by atoms with van der Waals surface area (Å²) in [5.74, 6) is -0.0873. The van der Waals surface area contributed by atoms with Crippen molar-refractivity contribution in [2.75, 3.05) is 19.5 Å². The number of amides is 1. The van der Waals surface area contributed by atoms with Crippen molar-refractivity contribution in [3.8, 4) is 11.5 Å². The van der Waals surface area contributed by atoms with Crippen molar-refractivity contribution in [3.05, 3.63) is 52.1 Å². The van der Waals surface area contributed by atoms with Gasteiger partial charge in [-0.05, 0) is 31.5 Å². The van der Waals surface area contributed by atoms with Gasteiger partial charge in [0.1, 0.15) is 0 Å². The molecule has 10 nitrogen and oxygen atoms in total. The summed E-state index contributed by atoms with van der Waals surface area (Å²) in [6.07, 6.45) is 0. The van der Waals surface area contributed by atoms with Crippen molar-refractivity contribution in [1.82, 2.24) is 4.72 Å². The molecule has 1 amide bonds. The van der Waals surface area contributed by atoms with E-state index in [-0.39, 0.29) is 22.0 Å². The van der Waals surface area contributed by atoms with Gasteiger partial charge in [-0.25, -0.2) is 8.42 Å². The average molecular weight is 423 g/mol. The summed E-state index contributed by atoms with van der Waals surface area (Å²) in [6.45, 7) is 3.03. The minimum absolute atomic E-state index is 0.110. The molecule has 0 radical (unpaired) electrons. The molecule has 156 valence electrons. The Balaban J connectivity index is 2.18. The number of aryl methyl sites for hydroxylation is 1. The molecule has 0 spiro atoms. The van der Waals surface area contributed by atoms with Crippen molar-refractivity contribution in [3.63, 3.8) is 0 Å². The lowest BCUT2D eigenvalue weighted by Crippen LogP contribution is -2.41. The predicted octanol–water partition coefficient (Wildman–Crippen LogP) is 2.23. The number of carbonyl (C=O) groups excluding carboxylic acids is 1. The Morgan fingerprint density at radius 1 is 1.10 bits per heavy atom. The van der Waals surface area contributed by atoms with Crippen LogP contribution in [-0.4, -0.2) is 39.5 Å². The largest absolute Gasteiger partial charge is 0.493 e. The summed E-state index contributed by atoms with van der Waals surface area (Å²) >= 11 is 0. The second kappa shape index (κ2) is 8.88. The van der Waals surface area contributed by atoms with Gasteiger partial charge in [-0.1, -0.05) is 6.07 Å². The number of methoxy groups -OCH3 is 2. The van der Waals surface area contributed by atoms with E-state index in [1.807, 2.05) is 0 Å². The molecule has 0 saturated heterocycles. The fourth-order valence-corrected chi connectivity index (χ4v) is 3.66. The maximum atomic E-state index is 12.6. The maximum absolute atomic E-state index is 12.6. The first-order chi connectivity index (χ1) is 13.6. The molecule has 0 aromatic heterocycles. The zero-order chi connectivity index (χ0) is 21.8. The molecule has 0 fully saturated rings. The van der Waals surface area contributed by atoms with Crippen LogP contribution in [0.5, 0.6) is 11.5 Å². The van der Waals surface area contributed by atoms with Gasteiger partial charge in [-0.3, -0.25) is 14.9 Å². The summed E-state index contributed by atoms with van der Waals surface area (Å²) in [5.41, 5.74) is 0.629. The zero-order valence-electron chi connectivity index (χ0n) is 16.3. The number of carbonyl (C=O) groups is 1. The number of nitrogens with one attached hydrogen (secondary N) is 2. The number of ether oxygens (including phenoxy) is 2. The molecule has 0 saturated carbocycles. The fraction of sp³-hybridized carbons (Fsp3) is 0.278. The van der Waals surface area contributed by atoms with Gasteiger partial charge in [0.25, 0.3) is 5.69 Å². The molecular weight excluding hydrogens is 402 g/mol. The second-order valence-electron chi connectivity index (χ2n) is 6.11. The van der Waals surface area contributed by atoms with Gasteiger partial charge in [0.05, 0.1) is 35.8 Å². The lowest BCUT2D eigenvalue weighted by atomic mass is 10.1. The van der Waals surface area contributed by atoms with E-state index in [4.69, 9.17) is 9.47 Å². The van der Waals surface area contributed by atoms with E-state index in [0.29, 0.717) is 11.3 Å². The first kappa shape index (κ1) is 22.1. The molecule has 0 aliphatic rings. The monoisotopic (exact) mass is 423 g/mol. The normalized spacial score (nSPS) is 12.1. The molecule has 0 aliphatic heterocycles. The maximum Gasteiger partial charge on any atom is 0.271 e. The van der Waals surface area contributed by atoms with E-state index in [1.54, 1.807) is 6.92 Å². The van der Waals surface area contributed by atoms with Crippen molar-refractivity contribution >= 4 is 27.3 Å². The van der Waals surface area contributed by atoms with Crippen LogP contribution in [0.25, 0.3) is 0 Å². The Morgan fingerprint density at radius 3 is 2.34 bits per heavy atom. The first-order valence-electron chi connectivity index (χ1n) is 8.39. The van der Waals surface area contributed by atoms with E-state index in [9.17, 15) is 23.3 Å². The number of hydrogen-bond acceptors (Lipinski definition) is 7. The Labute approximate surface area is 168 Å². The molecule has 0 bridgehead atoms. The Morgan fingerprint density at radius 2 is 1.76 bits per heavy atom. The number of nitro groups is 1. The Bertz CT molecular complexity index is 1040. The third kappa shape index (κ3) is 5.21. The standard InChI is InChI=1S/C18H21N3O7S/c1-11-5-6-13(21(23)24)9-15(11)19-18(22)12(2)20-29(25,26)14-7-8-16(27-3)17(10-14)28-4/h5-10,12,20H,1-4H3,(H,19,22). The van der Waals surface area contributed by atoms with Crippen LogP contribution in [0.4, 0.5) is 11.4 Å². The second-order valence-corrected chi connectivity index (χ2v) is 7.82. The Hall–Kier alpha value is -3.18. The van der Waals surface area contributed by atoms with Crippen molar-refractivity contribution in [2.24, 2.45) is 0 Å². The van der Waals surface area contributed by atoms with Gasteiger partial charge in [0.2, 0.25) is 15.9 Å². The topological polar surface area (TPSA) is 137 Å². The number of hydrogen-bond donors (Lipinski definition) is 2. The molecule has 1 unspecified atom stereocenters. The van der Waals surface area contributed by atoms with Gasteiger partial charge >= 0.3 is 0 Å². The number of non-ortho nitro benzene ring substituents is 1. The van der Waals surface area contributed by atoms with Gasteiger partial charge < -0.3 is 14.8 Å². The quantitative estimate of drug-likeness (QED) is 0.490. The lowest BCUT2D eigenvalue weighted by molar-refractivity contribution is -0.384. The van der Waals surface area contributed by atoms with E-state index >= 15 is 0 Å². The van der Waals surface area contributed by atoms with E-state index < -0.39 is 26.9 Å². The third-order valence-corrected chi connectivity index (χ3v) is 5.62. The molecule has 11 heteroatoms. The summed E-state index contributed by atoms with van der Waals surface area (Å²) in [4.78, 5) is 22.6. The molecule has 2 rings (SSSR count). The summed E-state index contributed by atoms with van der Waals surface area (Å²) in [6, 6.07) is 6.90. The van der Waals surface area contributed by atoms with Crippen molar-refractivity contribution in [2.45, 2.75) is 24.8 Å². The molecule has 29 heavy (non-hydrogen) atoms. The lowest BCUT2D eigenvalue weighted by Gasteiger charge is -2.16. The van der Waals surface area contributed by atoms with Gasteiger partial charge in [0.15, 0.2) is 11.5 Å². The van der Waals surface area contributed by atoms with E-state index in [2.05, 4.69) is 10.0 Å². The summed E-state index contributed by atoms with van der Waals surface area (Å²) in [5, 5.41) is 13.4. The van der Waals surface area contributed by atoms with Crippen LogP contribution >= 0.6 is 0 Å². The minimum Gasteiger partial charge on any atom is -0.493 e. The van der Waals surface area contributed by atoms with Gasteiger partial charge in [-0.2, -0.15) is 4.72 Å². The molecule has 1 atom stereocenters. The van der Waals surface area contributed by atoms with Crippen LogP contribution in [-0.2, 0) is 14.8 Å². The van der Waals surface area contributed by atoms with E-state index in [1.165, 1.54) is 57.5 Å². The minimum atomic E-state index is -4.04. The third-order valence-electron chi connectivity index (χ3n) is 4.08. The van der Waals surface area contributed by atoms with Crippen molar-refractivity contribution in [1.29, 1.82) is 0 Å². The van der Waals surface area contributed by atoms with Crippen LogP contribution in [0.3, 0.4) is 0 Å². The number of nitrogens with zero attached hydrogens (tertiary/aromatic N) is 1. The molecule has 0 aliphatic carbocycles.